The van der Waals surface area contributed by atoms with Gasteiger partial charge in [-0.2, -0.15) is 13.8 Å². The van der Waals surface area contributed by atoms with Crippen molar-refractivity contribution in [3.8, 4) is 0 Å². The molecule has 150 valence electrons. The van der Waals surface area contributed by atoms with Gasteiger partial charge in [0.15, 0.2) is 4.84 Å². The van der Waals surface area contributed by atoms with Gasteiger partial charge in [0.25, 0.3) is 0 Å². The van der Waals surface area contributed by atoms with Crippen LogP contribution in [0.25, 0.3) is 0 Å². The van der Waals surface area contributed by atoms with Gasteiger partial charge < -0.3 is 10.1 Å². The number of nitrogens with zero attached hydrogens (tertiary/aromatic N) is 1. The average molecular weight is 488 g/mol. The fourth-order valence-electron chi connectivity index (χ4n) is 1.96. The zero-order valence-corrected chi connectivity index (χ0v) is 17.9. The van der Waals surface area contributed by atoms with Crippen LogP contribution in [0.2, 0.25) is 10.0 Å². The molecule has 0 spiro atoms. The number of anilines is 1. The van der Waals surface area contributed by atoms with E-state index in [4.69, 9.17) is 51.1 Å². The Morgan fingerprint density at radius 3 is 2.21 bits per heavy atom. The van der Waals surface area contributed by atoms with Gasteiger partial charge in [-0.15, -0.1) is 0 Å². The maximum absolute atomic E-state index is 13.5. The Balaban J connectivity index is 2.13. The summed E-state index contributed by atoms with van der Waals surface area (Å²) < 4.78 is 32.2. The van der Waals surface area contributed by atoms with Gasteiger partial charge in [0.1, 0.15) is 0 Å². The summed E-state index contributed by atoms with van der Waals surface area (Å²) in [5.41, 5.74) is 0.601. The first kappa shape index (κ1) is 23.0. The topological polar surface area (TPSA) is 50.7 Å². The lowest BCUT2D eigenvalue weighted by Crippen LogP contribution is -2.19. The van der Waals surface area contributed by atoms with E-state index in [1.807, 2.05) is 0 Å². The summed E-state index contributed by atoms with van der Waals surface area (Å²) in [5, 5.41) is -0.333. The Morgan fingerprint density at radius 1 is 1.14 bits per heavy atom. The number of aliphatic imine (C=N–C) groups is 1. The fraction of sp³-hybridized carbons (Fsp3) is 0.176. The number of ether oxygens (including phenoxy) is 1. The summed E-state index contributed by atoms with van der Waals surface area (Å²) in [5.74, 6) is -0.0739. The van der Waals surface area contributed by atoms with Crippen molar-refractivity contribution < 1.29 is 18.3 Å². The van der Waals surface area contributed by atoms with Crippen molar-refractivity contribution in [1.29, 1.82) is 0 Å². The van der Waals surface area contributed by atoms with Gasteiger partial charge in [-0.05, 0) is 48.2 Å². The smallest absolute Gasteiger partial charge is 0.348 e. The molecule has 2 aromatic rings. The van der Waals surface area contributed by atoms with Crippen LogP contribution in [-0.4, -0.2) is 29.1 Å². The van der Waals surface area contributed by atoms with E-state index in [1.165, 1.54) is 31.4 Å². The molecule has 2 rings (SSSR count). The quantitative estimate of drug-likeness (QED) is 0.211. The van der Waals surface area contributed by atoms with E-state index >= 15 is 0 Å². The zero-order valence-electron chi connectivity index (χ0n) is 14.1. The largest absolute Gasteiger partial charge is 0.480 e. The van der Waals surface area contributed by atoms with E-state index in [0.717, 1.165) is 0 Å². The second-order valence-corrected chi connectivity index (χ2v) is 8.27. The van der Waals surface area contributed by atoms with Crippen LogP contribution in [0.1, 0.15) is 5.56 Å². The average Bonchev–Trinajstić information content (AvgIpc) is 2.62. The molecule has 0 saturated carbocycles. The molecule has 2 amide bonds. The van der Waals surface area contributed by atoms with Gasteiger partial charge in [-0.25, -0.2) is 4.79 Å². The summed E-state index contributed by atoms with van der Waals surface area (Å²) in [6.07, 6.45) is 0. The molecule has 0 saturated heterocycles. The molecule has 0 aliphatic carbocycles. The molecule has 0 fully saturated rings. The summed E-state index contributed by atoms with van der Waals surface area (Å²) in [4.78, 5) is 14.3. The van der Waals surface area contributed by atoms with Crippen molar-refractivity contribution in [2.45, 2.75) is 15.0 Å². The summed E-state index contributed by atoms with van der Waals surface area (Å²) in [6.45, 7) is 0. The van der Waals surface area contributed by atoms with Gasteiger partial charge in [0.05, 0.1) is 22.7 Å². The van der Waals surface area contributed by atoms with Crippen LogP contribution in [0.4, 0.5) is 19.3 Å². The number of amides is 2. The predicted octanol–water partition coefficient (Wildman–Crippen LogP) is 7.11. The molecule has 11 heteroatoms. The number of hydrogen-bond donors (Lipinski definition) is 1. The minimum Gasteiger partial charge on any atom is -0.480 e. The van der Waals surface area contributed by atoms with Crippen molar-refractivity contribution >= 4 is 75.8 Å². The van der Waals surface area contributed by atoms with Gasteiger partial charge in [-0.3, -0.25) is 0 Å². The van der Waals surface area contributed by atoms with Crippen molar-refractivity contribution in [3.05, 3.63) is 58.1 Å². The van der Waals surface area contributed by atoms with Crippen LogP contribution < -0.4 is 5.32 Å². The normalized spacial score (nSPS) is 12.2. The van der Waals surface area contributed by atoms with Crippen molar-refractivity contribution in [2.24, 2.45) is 4.99 Å². The molecule has 0 aliphatic rings. The Kier molecular flexibility index (Phi) is 8.21. The molecule has 0 aliphatic heterocycles. The van der Waals surface area contributed by atoms with Gasteiger partial charge in [-0.1, -0.05) is 52.5 Å². The molecule has 0 radical (unpaired) electrons. The van der Waals surface area contributed by atoms with E-state index in [0.29, 0.717) is 5.69 Å². The first-order valence-electron chi connectivity index (χ1n) is 7.47. The lowest BCUT2D eigenvalue weighted by Gasteiger charge is -2.16. The number of methoxy groups -OCH3 is 1. The number of thioether (sulfide) groups is 1. The highest BCUT2D eigenvalue weighted by atomic mass is 35.5. The SMILES string of the molecule is COC(=NC(=O)Nc1ccc(SC(F)(F)C(Cl)Cl)cc1)c1c(Cl)cccc1Cl. The lowest BCUT2D eigenvalue weighted by atomic mass is 10.2. The number of urea groups is 1. The third-order valence-corrected chi connectivity index (χ3v) is 5.64. The third kappa shape index (κ3) is 6.12. The highest BCUT2D eigenvalue weighted by molar-refractivity contribution is 8.00. The number of carbonyl (C=O) groups is 1. The molecule has 0 bridgehead atoms. The molecule has 1 N–H and O–H groups in total. The second kappa shape index (κ2) is 9.98. The molecular weight excluding hydrogens is 476 g/mol. The van der Waals surface area contributed by atoms with E-state index in [1.54, 1.807) is 18.2 Å². The van der Waals surface area contributed by atoms with Gasteiger partial charge in [0, 0.05) is 10.6 Å². The monoisotopic (exact) mass is 486 g/mol. The maximum Gasteiger partial charge on any atom is 0.348 e. The molecule has 2 aromatic carbocycles. The highest BCUT2D eigenvalue weighted by Gasteiger charge is 2.38. The minimum atomic E-state index is -3.35. The standard InChI is InChI=1S/C17H12Cl4F2N2O2S/c1-27-14(13-11(18)3-2-4-12(13)19)25-16(26)24-9-5-7-10(8-6-9)28-17(22,23)15(20)21/h2-8,15H,1H3,(H,24,26). The summed E-state index contributed by atoms with van der Waals surface area (Å²) >= 11 is 22.9. The number of halogens is 6. The number of hydrogen-bond acceptors (Lipinski definition) is 3. The first-order valence-corrected chi connectivity index (χ1v) is 9.91. The Bertz CT molecular complexity index is 860. The number of carbonyl (C=O) groups excluding carboxylic acids is 1. The molecule has 0 aromatic heterocycles. The second-order valence-electron chi connectivity index (χ2n) is 5.14. The number of nitrogens with one attached hydrogen (secondary N) is 1. The van der Waals surface area contributed by atoms with E-state index in [-0.39, 0.29) is 38.2 Å². The molecule has 28 heavy (non-hydrogen) atoms. The Morgan fingerprint density at radius 2 is 1.71 bits per heavy atom. The van der Waals surface area contributed by atoms with Crippen LogP contribution in [-0.2, 0) is 4.74 Å². The Hall–Kier alpha value is -1.25. The minimum absolute atomic E-state index is 0.0739. The summed E-state index contributed by atoms with van der Waals surface area (Å²) in [6, 6.07) is 9.66. The van der Waals surface area contributed by atoms with Crippen molar-refractivity contribution in [1.82, 2.24) is 0 Å². The number of rotatable bonds is 5. The zero-order chi connectivity index (χ0) is 20.9. The van der Waals surface area contributed by atoms with Gasteiger partial charge >= 0.3 is 11.3 Å². The van der Waals surface area contributed by atoms with Gasteiger partial charge in [0.2, 0.25) is 5.90 Å². The van der Waals surface area contributed by atoms with Crippen LogP contribution in [0.5, 0.6) is 0 Å². The highest BCUT2D eigenvalue weighted by Crippen LogP contribution is 2.42. The third-order valence-electron chi connectivity index (χ3n) is 3.19. The fourth-order valence-corrected chi connectivity index (χ4v) is 3.46. The molecule has 4 nitrogen and oxygen atoms in total. The van der Waals surface area contributed by atoms with E-state index < -0.39 is 16.1 Å². The lowest BCUT2D eigenvalue weighted by molar-refractivity contribution is 0.122. The van der Waals surface area contributed by atoms with Crippen LogP contribution in [0.15, 0.2) is 52.4 Å². The van der Waals surface area contributed by atoms with E-state index in [2.05, 4.69) is 10.3 Å². The maximum atomic E-state index is 13.5. The number of alkyl halides is 4. The number of benzene rings is 2. The first-order chi connectivity index (χ1) is 13.1. The van der Waals surface area contributed by atoms with Crippen LogP contribution in [0.3, 0.4) is 0 Å². The Labute approximate surface area is 184 Å². The van der Waals surface area contributed by atoms with Crippen molar-refractivity contribution in [3.63, 3.8) is 0 Å². The van der Waals surface area contributed by atoms with Crippen molar-refractivity contribution in [2.75, 3.05) is 12.4 Å². The molecule has 0 heterocycles. The van der Waals surface area contributed by atoms with Crippen LogP contribution >= 0.6 is 58.2 Å². The molecule has 0 unspecified atom stereocenters. The predicted molar refractivity (Wildman–Crippen MR) is 112 cm³/mol. The summed E-state index contributed by atoms with van der Waals surface area (Å²) in [7, 11) is 1.32. The molecular formula is C17H12Cl4F2N2O2S. The molecule has 0 atom stereocenters. The van der Waals surface area contributed by atoms with E-state index in [9.17, 15) is 13.6 Å². The van der Waals surface area contributed by atoms with Crippen LogP contribution in [0, 0.1) is 0 Å².